The number of hydrogen-bond acceptors (Lipinski definition) is 8. The second kappa shape index (κ2) is 9.40. The number of fused-ring (bicyclic) bond motifs is 2. The number of morpholine rings is 1. The number of ether oxygens (including phenoxy) is 2. The van der Waals surface area contributed by atoms with Crippen molar-refractivity contribution in [3.63, 3.8) is 0 Å². The molecular formula is C24H31N7O3Si. The Morgan fingerprint density at radius 2 is 2.00 bits per heavy atom. The van der Waals surface area contributed by atoms with Crippen molar-refractivity contribution >= 4 is 36.0 Å². The van der Waals surface area contributed by atoms with Crippen molar-refractivity contribution < 1.29 is 20.4 Å². The third-order valence-electron chi connectivity index (χ3n) is 5.45. The predicted octanol–water partition coefficient (Wildman–Crippen LogP) is 2.84. The first-order chi connectivity index (χ1) is 19.7. The van der Waals surface area contributed by atoms with Gasteiger partial charge in [-0.2, -0.15) is 0 Å². The fourth-order valence-electron chi connectivity index (χ4n) is 3.56. The van der Waals surface area contributed by atoms with Gasteiger partial charge in [-0.1, -0.05) is 19.6 Å². The van der Waals surface area contributed by atoms with Crippen LogP contribution in [0.15, 0.2) is 41.6 Å². The van der Waals surface area contributed by atoms with Crippen LogP contribution in [0.25, 0.3) is 27.8 Å². The van der Waals surface area contributed by atoms with Gasteiger partial charge in [0.1, 0.15) is 12.5 Å². The molecule has 4 aromatic rings. The van der Waals surface area contributed by atoms with Gasteiger partial charge < -0.3 is 20.1 Å². The summed E-state index contributed by atoms with van der Waals surface area (Å²) < 4.78 is 78.3. The summed E-state index contributed by atoms with van der Waals surface area (Å²) in [6, 6.07) is 5.14. The third-order valence-corrected chi connectivity index (χ3v) is 7.15. The van der Waals surface area contributed by atoms with E-state index >= 15 is 0 Å². The minimum absolute atomic E-state index is 0.0145. The average molecular weight is 502 g/mol. The SMILES string of the molecule is [2H]C1([2H])OC([2H])([2H])C([2H])([2H])N(c2ccc3nc(-c4cn(COCC[Si](C)(C)C)c(=O)c5cnc(N)cc45)nn3c2)C1([2H])[2H]. The normalized spacial score (nSPS) is 23.9. The Bertz CT molecular complexity index is 1750. The number of nitrogen functional groups attached to an aromatic ring is 1. The second-order valence-electron chi connectivity index (χ2n) is 9.31. The first-order valence-electron chi connectivity index (χ1n) is 15.0. The zero-order valence-electron chi connectivity index (χ0n) is 27.6. The molecule has 0 spiro atoms. The number of hydrogen-bond donors (Lipinski definition) is 1. The summed E-state index contributed by atoms with van der Waals surface area (Å²) in [5.74, 6) is 0.325. The van der Waals surface area contributed by atoms with E-state index < -0.39 is 34.2 Å². The maximum atomic E-state index is 13.2. The monoisotopic (exact) mass is 501 g/mol. The first-order valence-corrected chi connectivity index (χ1v) is 14.7. The fraction of sp³-hybridized carbons (Fsp3) is 0.417. The summed E-state index contributed by atoms with van der Waals surface area (Å²) >= 11 is 0. The van der Waals surface area contributed by atoms with Crippen LogP contribution in [-0.2, 0) is 16.2 Å². The predicted molar refractivity (Wildman–Crippen MR) is 140 cm³/mol. The molecule has 2 N–H and O–H groups in total. The van der Waals surface area contributed by atoms with Gasteiger partial charge in [-0.15, -0.1) is 5.10 Å². The second-order valence-corrected chi connectivity index (χ2v) is 14.9. The van der Waals surface area contributed by atoms with Crippen LogP contribution < -0.4 is 16.2 Å². The highest BCUT2D eigenvalue weighted by Gasteiger charge is 2.18. The molecule has 0 aromatic carbocycles. The van der Waals surface area contributed by atoms with Crippen LogP contribution in [0.3, 0.4) is 0 Å². The first kappa shape index (κ1) is 15.7. The Kier molecular flexibility index (Phi) is 4.21. The quantitative estimate of drug-likeness (QED) is 0.304. The van der Waals surface area contributed by atoms with E-state index in [1.807, 2.05) is 0 Å². The molecule has 1 fully saturated rings. The molecule has 10 nitrogen and oxygen atoms in total. The van der Waals surface area contributed by atoms with E-state index in [1.54, 1.807) is 6.20 Å². The van der Waals surface area contributed by atoms with Crippen molar-refractivity contribution in [2.24, 2.45) is 0 Å². The molecule has 4 aromatic heterocycles. The van der Waals surface area contributed by atoms with Crippen LogP contribution >= 0.6 is 0 Å². The van der Waals surface area contributed by atoms with E-state index in [0.717, 1.165) is 6.04 Å². The van der Waals surface area contributed by atoms with Crippen LogP contribution in [0.4, 0.5) is 11.5 Å². The van der Waals surface area contributed by atoms with Crippen molar-refractivity contribution in [3.05, 3.63) is 47.1 Å². The third kappa shape index (κ3) is 5.07. The standard InChI is InChI=1S/C24H31N7O3Si/c1-35(2,3)11-10-34-16-30-15-20(18-12-21(25)26-13-19(18)24(30)32)23-27-22-5-4-17(14-31(22)28-23)29-6-8-33-9-7-29/h4-5,12-15H,6-11,16H2,1-3H3,(H2,25,26)/i6D2,7D2,8D2,9D2. The Morgan fingerprint density at radius 3 is 2.77 bits per heavy atom. The Morgan fingerprint density at radius 1 is 1.20 bits per heavy atom. The lowest BCUT2D eigenvalue weighted by Crippen LogP contribution is -2.36. The highest BCUT2D eigenvalue weighted by molar-refractivity contribution is 6.76. The van der Waals surface area contributed by atoms with Crippen LogP contribution in [-0.4, -0.2) is 64.9 Å². The van der Waals surface area contributed by atoms with Gasteiger partial charge in [-0.05, 0) is 24.2 Å². The number of nitrogens with two attached hydrogens (primary N) is 1. The van der Waals surface area contributed by atoms with Gasteiger partial charge in [0, 0.05) is 51.0 Å². The Labute approximate surface area is 215 Å². The summed E-state index contributed by atoms with van der Waals surface area (Å²) in [6.07, 6.45) is 4.14. The number of aromatic nitrogens is 5. The van der Waals surface area contributed by atoms with E-state index in [-0.39, 0.29) is 40.7 Å². The van der Waals surface area contributed by atoms with Gasteiger partial charge >= 0.3 is 0 Å². The van der Waals surface area contributed by atoms with Crippen LogP contribution in [0, 0.1) is 0 Å². The minimum Gasteiger partial charge on any atom is -0.384 e. The van der Waals surface area contributed by atoms with Gasteiger partial charge in [0.15, 0.2) is 11.5 Å². The van der Waals surface area contributed by atoms with Crippen LogP contribution in [0.1, 0.15) is 11.0 Å². The zero-order valence-corrected chi connectivity index (χ0v) is 20.6. The van der Waals surface area contributed by atoms with Crippen molar-refractivity contribution in [2.75, 3.05) is 43.4 Å². The number of nitrogens with zero attached hydrogens (tertiary/aromatic N) is 6. The van der Waals surface area contributed by atoms with Gasteiger partial charge in [0.2, 0.25) is 0 Å². The lowest BCUT2D eigenvalue weighted by molar-refractivity contribution is 0.0852. The molecule has 184 valence electrons. The summed E-state index contributed by atoms with van der Waals surface area (Å²) in [6.45, 7) is -5.51. The minimum atomic E-state index is -3.21. The molecule has 1 aliphatic heterocycles. The van der Waals surface area contributed by atoms with Gasteiger partial charge in [-0.25, -0.2) is 14.5 Å². The summed E-state index contributed by atoms with van der Waals surface area (Å²) in [4.78, 5) is 22.2. The molecule has 11 heteroatoms. The highest BCUT2D eigenvalue weighted by atomic mass is 28.3. The van der Waals surface area contributed by atoms with E-state index in [9.17, 15) is 4.79 Å². The Balaban J connectivity index is 1.60. The molecule has 0 saturated carbocycles. The molecule has 1 saturated heterocycles. The summed E-state index contributed by atoms with van der Waals surface area (Å²) in [7, 11) is -1.35. The van der Waals surface area contributed by atoms with Crippen LogP contribution in [0.2, 0.25) is 25.7 Å². The topological polar surface area (TPSA) is 113 Å². The van der Waals surface area contributed by atoms with Crippen LogP contribution in [0.5, 0.6) is 0 Å². The lowest BCUT2D eigenvalue weighted by Gasteiger charge is -2.28. The zero-order chi connectivity index (χ0) is 31.8. The smallest absolute Gasteiger partial charge is 0.261 e. The fourth-order valence-corrected chi connectivity index (χ4v) is 4.31. The summed E-state index contributed by atoms with van der Waals surface area (Å²) in [5.41, 5.74) is 6.07. The van der Waals surface area contributed by atoms with Crippen molar-refractivity contribution in [1.29, 1.82) is 0 Å². The molecule has 0 aliphatic carbocycles. The van der Waals surface area contributed by atoms with E-state index in [1.165, 1.54) is 39.7 Å². The largest absolute Gasteiger partial charge is 0.384 e. The van der Waals surface area contributed by atoms with Crippen molar-refractivity contribution in [3.8, 4) is 11.4 Å². The molecule has 0 amide bonds. The van der Waals surface area contributed by atoms with Gasteiger partial charge in [-0.3, -0.25) is 9.36 Å². The molecule has 0 atom stereocenters. The molecule has 0 radical (unpaired) electrons. The molecule has 35 heavy (non-hydrogen) atoms. The van der Waals surface area contributed by atoms with E-state index in [0.29, 0.717) is 22.5 Å². The molecule has 5 heterocycles. The van der Waals surface area contributed by atoms with Crippen molar-refractivity contribution in [1.82, 2.24) is 24.1 Å². The molecule has 1 aliphatic rings. The average Bonchev–Trinajstić information content (AvgIpc) is 3.28. The molecule has 0 bridgehead atoms. The summed E-state index contributed by atoms with van der Waals surface area (Å²) in [5, 5.41) is 5.19. The molecule has 5 rings (SSSR count). The maximum absolute atomic E-state index is 13.2. The number of pyridine rings is 3. The maximum Gasteiger partial charge on any atom is 0.261 e. The molecular weight excluding hydrogens is 462 g/mol. The number of anilines is 2. The van der Waals surface area contributed by atoms with Gasteiger partial charge in [0.05, 0.1) is 41.4 Å². The van der Waals surface area contributed by atoms with Crippen molar-refractivity contribution in [2.45, 2.75) is 32.4 Å². The van der Waals surface area contributed by atoms with E-state index in [2.05, 4.69) is 39.4 Å². The lowest BCUT2D eigenvalue weighted by atomic mass is 10.1. The molecule has 0 unspecified atom stereocenters. The Hall–Kier alpha value is -3.28. The van der Waals surface area contributed by atoms with Gasteiger partial charge in [0.25, 0.3) is 5.56 Å². The highest BCUT2D eigenvalue weighted by Crippen LogP contribution is 2.27. The number of rotatable bonds is 7. The van der Waals surface area contributed by atoms with E-state index in [4.69, 9.17) is 21.4 Å².